The molecule has 0 amide bonds. The van der Waals surface area contributed by atoms with Crippen molar-refractivity contribution in [2.24, 2.45) is 0 Å². The Morgan fingerprint density at radius 2 is 0.706 bits per heavy atom. The van der Waals surface area contributed by atoms with Crippen LogP contribution >= 0.6 is 0 Å². The third kappa shape index (κ3) is 9.93. The molecule has 0 atom stereocenters. The smallest absolute Gasteiger partial charge is 0.485 e. The quantitative estimate of drug-likeness (QED) is 0.307. The molecule has 0 heterocycles. The number of hydrogen-bond donors (Lipinski definition) is 0. The minimum absolute atomic E-state index is 0. The molecule has 0 aromatic heterocycles. The van der Waals surface area contributed by atoms with Crippen LogP contribution in [0.4, 0.5) is 26.3 Å². The summed E-state index contributed by atoms with van der Waals surface area (Å²) in [5.41, 5.74) is -11.3. The van der Waals surface area contributed by atoms with Crippen molar-refractivity contribution in [3.63, 3.8) is 0 Å². The van der Waals surface area contributed by atoms with Gasteiger partial charge in [0.2, 0.25) is 0 Å². The van der Waals surface area contributed by atoms with Gasteiger partial charge in [-0.1, -0.05) is 0 Å². The Kier molecular flexibility index (Phi) is 8.51. The first-order chi connectivity index (χ1) is 6.50. The first-order valence-electron chi connectivity index (χ1n) is 2.54. The summed E-state index contributed by atoms with van der Waals surface area (Å²) in [5, 5.41) is 0. The van der Waals surface area contributed by atoms with E-state index in [1.54, 1.807) is 0 Å². The van der Waals surface area contributed by atoms with Gasteiger partial charge < -0.3 is 9.11 Å². The topological polar surface area (TPSA) is 114 Å². The monoisotopic (exact) mass is 413 g/mol. The maximum Gasteiger partial charge on any atom is 0.485 e. The average Bonchev–Trinajstić information content (AvgIpc) is 1.77. The molecule has 15 heteroatoms. The first kappa shape index (κ1) is 22.5. The van der Waals surface area contributed by atoms with Crippen LogP contribution in [0.2, 0.25) is 0 Å². The molecule has 0 saturated heterocycles. The molecule has 6 nitrogen and oxygen atoms in total. The summed E-state index contributed by atoms with van der Waals surface area (Å²) in [6.45, 7) is 0. The minimum Gasteiger partial charge on any atom is -0.741 e. The van der Waals surface area contributed by atoms with E-state index in [-0.39, 0.29) is 25.8 Å². The second-order valence-corrected chi connectivity index (χ2v) is 4.54. The zero-order valence-corrected chi connectivity index (χ0v) is 12.0. The predicted molar refractivity (Wildman–Crippen MR) is 37.3 cm³/mol. The fraction of sp³-hybridized carbons (Fsp3) is 1.00. The maximum atomic E-state index is 10.7. The van der Waals surface area contributed by atoms with Crippen molar-refractivity contribution in [3.05, 3.63) is 0 Å². The van der Waals surface area contributed by atoms with Crippen LogP contribution in [-0.2, 0) is 20.2 Å². The van der Waals surface area contributed by atoms with E-state index in [0.29, 0.717) is 0 Å². The molecule has 0 bridgehead atoms. The molecule has 0 aliphatic rings. The summed E-state index contributed by atoms with van der Waals surface area (Å²) in [4.78, 5) is 0. The van der Waals surface area contributed by atoms with E-state index in [9.17, 15) is 26.3 Å². The van der Waals surface area contributed by atoms with E-state index in [4.69, 9.17) is 25.9 Å². The van der Waals surface area contributed by atoms with Crippen LogP contribution in [0.25, 0.3) is 0 Å². The zero-order chi connectivity index (χ0) is 14.0. The number of hydrogen-bond acceptors (Lipinski definition) is 6. The van der Waals surface area contributed by atoms with Gasteiger partial charge in [-0.3, -0.25) is 0 Å². The third-order valence-corrected chi connectivity index (χ3v) is 1.70. The summed E-state index contributed by atoms with van der Waals surface area (Å²) in [5.74, 6) is 0. The Morgan fingerprint density at radius 1 is 0.647 bits per heavy atom. The minimum atomic E-state index is -6.09. The zero-order valence-electron chi connectivity index (χ0n) is 7.11. The number of rotatable bonds is 0. The molecule has 0 fully saturated rings. The van der Waals surface area contributed by atoms with Crippen molar-refractivity contribution < 1.29 is 52.3 Å². The van der Waals surface area contributed by atoms with Crippen molar-refractivity contribution in [1.29, 1.82) is 0 Å². The summed E-state index contributed by atoms with van der Waals surface area (Å²) in [7, 11) is -12.2. The van der Waals surface area contributed by atoms with Crippen molar-refractivity contribution >= 4 is 46.1 Å². The Bertz CT molecular complexity index is 374. The normalized spacial score (nSPS) is 13.2. The van der Waals surface area contributed by atoms with Crippen LogP contribution in [0.3, 0.4) is 0 Å². The Hall–Kier alpha value is 0.270. The maximum absolute atomic E-state index is 10.7. The molecule has 0 unspecified atom stereocenters. The van der Waals surface area contributed by atoms with Crippen LogP contribution in [0.1, 0.15) is 0 Å². The molecule has 0 rings (SSSR count). The van der Waals surface area contributed by atoms with Crippen molar-refractivity contribution in [3.8, 4) is 0 Å². The fourth-order valence-electron chi connectivity index (χ4n) is 0. The molecule has 0 aliphatic heterocycles. The van der Waals surface area contributed by atoms with E-state index >= 15 is 0 Å². The van der Waals surface area contributed by atoms with Crippen molar-refractivity contribution in [2.45, 2.75) is 11.0 Å². The molecule has 0 spiro atoms. The molecule has 0 aliphatic carbocycles. The third-order valence-electron chi connectivity index (χ3n) is 0.567. The standard InChI is InChI=1S/2CHF3O3S.In/c2*2-1(3,4)8(5,6)7;/h2*(H,5,6,7);/p-2. The van der Waals surface area contributed by atoms with E-state index in [0.717, 1.165) is 0 Å². The van der Waals surface area contributed by atoms with Gasteiger partial charge in [-0.2, -0.15) is 26.3 Å². The number of halogens is 6. The molecular formula is C2F6InO6S2-2. The van der Waals surface area contributed by atoms with E-state index < -0.39 is 31.3 Å². The van der Waals surface area contributed by atoms with Gasteiger partial charge >= 0.3 is 11.0 Å². The summed E-state index contributed by atoms with van der Waals surface area (Å²) < 4.78 is 118. The molecule has 17 heavy (non-hydrogen) atoms. The van der Waals surface area contributed by atoms with Gasteiger partial charge in [-0.25, -0.2) is 16.8 Å². The van der Waals surface area contributed by atoms with Gasteiger partial charge in [-0.05, 0) is 0 Å². The van der Waals surface area contributed by atoms with E-state index in [1.165, 1.54) is 0 Å². The molecule has 0 saturated carbocycles. The number of alkyl halides is 6. The van der Waals surface area contributed by atoms with E-state index in [2.05, 4.69) is 0 Å². The van der Waals surface area contributed by atoms with Crippen LogP contribution in [0.15, 0.2) is 0 Å². The molecule has 0 N–H and O–H groups in total. The van der Waals surface area contributed by atoms with E-state index in [1.807, 2.05) is 0 Å². The molecule has 0 aromatic rings. The van der Waals surface area contributed by atoms with Gasteiger partial charge in [0, 0.05) is 25.8 Å². The second-order valence-electron chi connectivity index (χ2n) is 1.80. The molecular weight excluding hydrogens is 413 g/mol. The SMILES string of the molecule is O=S(=O)([O-])C(F)(F)F.O=S(=O)([O-])C(F)(F)F.[In]. The van der Waals surface area contributed by atoms with Gasteiger partial charge in [0.25, 0.3) is 0 Å². The molecule has 103 valence electrons. The van der Waals surface area contributed by atoms with Crippen LogP contribution in [0, 0.1) is 0 Å². The van der Waals surface area contributed by atoms with Gasteiger partial charge in [0.15, 0.2) is 20.2 Å². The average molecular weight is 413 g/mol. The Balaban J connectivity index is -0.000000218. The summed E-state index contributed by atoms with van der Waals surface area (Å²) in [6, 6.07) is 0. The van der Waals surface area contributed by atoms with Crippen molar-refractivity contribution in [1.82, 2.24) is 0 Å². The fourth-order valence-corrected chi connectivity index (χ4v) is 0. The summed E-state index contributed by atoms with van der Waals surface area (Å²) >= 11 is 0. The second kappa shape index (κ2) is 6.44. The van der Waals surface area contributed by atoms with Crippen LogP contribution < -0.4 is 0 Å². The van der Waals surface area contributed by atoms with Crippen LogP contribution in [0.5, 0.6) is 0 Å². The van der Waals surface area contributed by atoms with Crippen molar-refractivity contribution in [2.75, 3.05) is 0 Å². The predicted octanol–water partition coefficient (Wildman–Crippen LogP) is -0.278. The largest absolute Gasteiger partial charge is 0.741 e. The van der Waals surface area contributed by atoms with Gasteiger partial charge in [-0.15, -0.1) is 0 Å². The summed E-state index contributed by atoms with van der Waals surface area (Å²) in [6.07, 6.45) is 0. The Morgan fingerprint density at radius 3 is 0.706 bits per heavy atom. The molecule has 3 radical (unpaired) electrons. The Labute approximate surface area is 109 Å². The first-order valence-corrected chi connectivity index (χ1v) is 5.36. The van der Waals surface area contributed by atoms with Gasteiger partial charge in [0.1, 0.15) is 0 Å². The molecule has 0 aromatic carbocycles. The van der Waals surface area contributed by atoms with Gasteiger partial charge in [0.05, 0.1) is 0 Å². The van der Waals surface area contributed by atoms with Crippen LogP contribution in [-0.4, -0.2) is 62.8 Å².